The average Bonchev–Trinajstić information content (AvgIpc) is 2.84. The number of rotatable bonds is 5. The summed E-state index contributed by atoms with van der Waals surface area (Å²) in [6, 6.07) is 7.74. The lowest BCUT2D eigenvalue weighted by atomic mass is 10.2. The molecule has 0 aliphatic rings. The van der Waals surface area contributed by atoms with Crippen LogP contribution in [0.2, 0.25) is 0 Å². The van der Waals surface area contributed by atoms with Crippen molar-refractivity contribution >= 4 is 46.5 Å². The maximum absolute atomic E-state index is 11.8. The van der Waals surface area contributed by atoms with Crippen molar-refractivity contribution < 1.29 is 4.79 Å². The van der Waals surface area contributed by atoms with E-state index in [2.05, 4.69) is 15.5 Å². The van der Waals surface area contributed by atoms with Crippen molar-refractivity contribution in [2.45, 2.75) is 15.6 Å². The SMILES string of the molecule is CSc1nnc(SCC(=O)Nc2cccc(C)c2)s1. The Labute approximate surface area is 124 Å². The summed E-state index contributed by atoms with van der Waals surface area (Å²) in [5.74, 6) is 0.313. The number of hydrogen-bond acceptors (Lipinski definition) is 6. The van der Waals surface area contributed by atoms with Gasteiger partial charge in [-0.2, -0.15) is 0 Å². The number of carbonyl (C=O) groups is 1. The van der Waals surface area contributed by atoms with E-state index in [0.29, 0.717) is 5.75 Å². The molecule has 1 N–H and O–H groups in total. The van der Waals surface area contributed by atoms with Crippen LogP contribution >= 0.6 is 34.9 Å². The number of nitrogens with one attached hydrogen (secondary N) is 1. The number of nitrogens with zero attached hydrogens (tertiary/aromatic N) is 2. The molecule has 1 aromatic heterocycles. The first-order valence-electron chi connectivity index (χ1n) is 5.54. The normalized spacial score (nSPS) is 10.4. The molecule has 4 nitrogen and oxygen atoms in total. The van der Waals surface area contributed by atoms with Crippen LogP contribution in [-0.4, -0.2) is 28.1 Å². The van der Waals surface area contributed by atoms with Crippen molar-refractivity contribution in [1.82, 2.24) is 10.2 Å². The van der Waals surface area contributed by atoms with Gasteiger partial charge in [-0.25, -0.2) is 0 Å². The van der Waals surface area contributed by atoms with Crippen LogP contribution in [0.25, 0.3) is 0 Å². The van der Waals surface area contributed by atoms with Crippen LogP contribution in [0.4, 0.5) is 5.69 Å². The maximum atomic E-state index is 11.8. The standard InChI is InChI=1S/C12H13N3OS3/c1-8-4-3-5-9(6-8)13-10(16)7-18-12-15-14-11(17-2)19-12/h3-6H,7H2,1-2H3,(H,13,16). The quantitative estimate of drug-likeness (QED) is 0.859. The van der Waals surface area contributed by atoms with E-state index in [-0.39, 0.29) is 5.91 Å². The summed E-state index contributed by atoms with van der Waals surface area (Å²) in [7, 11) is 0. The highest BCUT2D eigenvalue weighted by Gasteiger charge is 2.08. The maximum Gasteiger partial charge on any atom is 0.234 e. The Hall–Kier alpha value is -1.05. The summed E-state index contributed by atoms with van der Waals surface area (Å²) < 4.78 is 1.74. The highest BCUT2D eigenvalue weighted by molar-refractivity contribution is 8.03. The molecule has 1 heterocycles. The average molecular weight is 311 g/mol. The van der Waals surface area contributed by atoms with E-state index in [9.17, 15) is 4.79 Å². The fourth-order valence-corrected chi connectivity index (χ4v) is 3.62. The first kappa shape index (κ1) is 14.4. The number of aromatic nitrogens is 2. The predicted octanol–water partition coefficient (Wildman–Crippen LogP) is 3.30. The topological polar surface area (TPSA) is 54.9 Å². The van der Waals surface area contributed by atoms with Crippen molar-refractivity contribution in [2.75, 3.05) is 17.3 Å². The van der Waals surface area contributed by atoms with E-state index < -0.39 is 0 Å². The zero-order chi connectivity index (χ0) is 13.7. The van der Waals surface area contributed by atoms with Crippen LogP contribution in [0.3, 0.4) is 0 Å². The lowest BCUT2D eigenvalue weighted by Gasteiger charge is -2.04. The van der Waals surface area contributed by atoms with E-state index in [0.717, 1.165) is 19.9 Å². The van der Waals surface area contributed by atoms with E-state index in [1.165, 1.54) is 23.1 Å². The number of benzene rings is 1. The fourth-order valence-electron chi connectivity index (χ4n) is 1.39. The minimum absolute atomic E-state index is 0.0310. The molecule has 7 heteroatoms. The van der Waals surface area contributed by atoms with Gasteiger partial charge in [0.1, 0.15) is 0 Å². The van der Waals surface area contributed by atoms with Gasteiger partial charge in [0.25, 0.3) is 0 Å². The predicted molar refractivity (Wildman–Crippen MR) is 82.2 cm³/mol. The Bertz CT molecular complexity index is 571. The van der Waals surface area contributed by atoms with E-state index in [1.807, 2.05) is 37.4 Å². The van der Waals surface area contributed by atoms with Crippen molar-refractivity contribution in [3.05, 3.63) is 29.8 Å². The molecule has 0 radical (unpaired) electrons. The van der Waals surface area contributed by atoms with Gasteiger partial charge in [0.2, 0.25) is 5.91 Å². The molecule has 0 spiro atoms. The monoisotopic (exact) mass is 311 g/mol. The van der Waals surface area contributed by atoms with Gasteiger partial charge >= 0.3 is 0 Å². The number of hydrogen-bond donors (Lipinski definition) is 1. The summed E-state index contributed by atoms with van der Waals surface area (Å²) in [6.07, 6.45) is 1.96. The summed E-state index contributed by atoms with van der Waals surface area (Å²) in [5.41, 5.74) is 1.95. The van der Waals surface area contributed by atoms with Crippen LogP contribution in [-0.2, 0) is 4.79 Å². The number of amides is 1. The first-order chi connectivity index (χ1) is 9.17. The second-order valence-electron chi connectivity index (χ2n) is 3.74. The van der Waals surface area contributed by atoms with Crippen LogP contribution in [0, 0.1) is 6.92 Å². The highest BCUT2D eigenvalue weighted by atomic mass is 32.2. The van der Waals surface area contributed by atoms with Gasteiger partial charge in [-0.3, -0.25) is 4.79 Å². The molecule has 0 aliphatic carbocycles. The summed E-state index contributed by atoms with van der Waals surface area (Å²) in [5, 5.41) is 10.9. The number of thioether (sulfide) groups is 2. The summed E-state index contributed by atoms with van der Waals surface area (Å²) in [4.78, 5) is 11.8. The van der Waals surface area contributed by atoms with E-state index in [1.54, 1.807) is 11.8 Å². The van der Waals surface area contributed by atoms with Gasteiger partial charge in [-0.1, -0.05) is 47.0 Å². The minimum atomic E-state index is -0.0310. The van der Waals surface area contributed by atoms with E-state index in [4.69, 9.17) is 0 Å². The van der Waals surface area contributed by atoms with Crippen molar-refractivity contribution in [3.63, 3.8) is 0 Å². The van der Waals surface area contributed by atoms with Crippen LogP contribution < -0.4 is 5.32 Å². The molecule has 0 aliphatic heterocycles. The lowest BCUT2D eigenvalue weighted by Crippen LogP contribution is -2.13. The summed E-state index contributed by atoms with van der Waals surface area (Å²) >= 11 is 4.47. The Morgan fingerprint density at radius 3 is 2.84 bits per heavy atom. The van der Waals surface area contributed by atoms with Crippen LogP contribution in [0.5, 0.6) is 0 Å². The van der Waals surface area contributed by atoms with Crippen molar-refractivity contribution in [3.8, 4) is 0 Å². The van der Waals surface area contributed by atoms with Crippen LogP contribution in [0.15, 0.2) is 32.9 Å². The number of anilines is 1. The van der Waals surface area contributed by atoms with Crippen molar-refractivity contribution in [2.24, 2.45) is 0 Å². The van der Waals surface area contributed by atoms with Gasteiger partial charge < -0.3 is 5.32 Å². The van der Waals surface area contributed by atoms with Gasteiger partial charge in [-0.15, -0.1) is 10.2 Å². The Balaban J connectivity index is 1.84. The third kappa shape index (κ3) is 4.52. The lowest BCUT2D eigenvalue weighted by molar-refractivity contribution is -0.113. The molecule has 0 fully saturated rings. The third-order valence-corrected chi connectivity index (χ3v) is 5.22. The molecule has 0 saturated carbocycles. The first-order valence-corrected chi connectivity index (χ1v) is 8.57. The number of carbonyl (C=O) groups excluding carboxylic acids is 1. The van der Waals surface area contributed by atoms with Gasteiger partial charge in [0.05, 0.1) is 5.75 Å². The molecule has 0 unspecified atom stereocenters. The molecule has 0 bridgehead atoms. The molecule has 0 saturated heterocycles. The Kier molecular flexibility index (Phi) is 5.24. The molecule has 0 atom stereocenters. The smallest absolute Gasteiger partial charge is 0.234 e. The molecule has 1 amide bonds. The molecule has 2 aromatic rings. The zero-order valence-corrected chi connectivity index (χ0v) is 13.0. The number of aryl methyl sites for hydroxylation is 1. The molecular weight excluding hydrogens is 298 g/mol. The van der Waals surface area contributed by atoms with Crippen LogP contribution in [0.1, 0.15) is 5.56 Å². The zero-order valence-electron chi connectivity index (χ0n) is 10.5. The highest BCUT2D eigenvalue weighted by Crippen LogP contribution is 2.27. The van der Waals surface area contributed by atoms with Gasteiger partial charge in [-0.05, 0) is 30.9 Å². The largest absolute Gasteiger partial charge is 0.325 e. The fraction of sp³-hybridized carbons (Fsp3) is 0.250. The molecular formula is C12H13N3OS3. The van der Waals surface area contributed by atoms with Crippen molar-refractivity contribution in [1.29, 1.82) is 0 Å². The molecule has 2 rings (SSSR count). The second-order valence-corrected chi connectivity index (χ2v) is 7.00. The Morgan fingerprint density at radius 2 is 2.16 bits per heavy atom. The molecule has 19 heavy (non-hydrogen) atoms. The Morgan fingerprint density at radius 1 is 1.37 bits per heavy atom. The van der Waals surface area contributed by atoms with Gasteiger partial charge in [0.15, 0.2) is 8.68 Å². The molecule has 100 valence electrons. The van der Waals surface area contributed by atoms with E-state index >= 15 is 0 Å². The second kappa shape index (κ2) is 6.93. The summed E-state index contributed by atoms with van der Waals surface area (Å²) in [6.45, 7) is 2.00. The minimum Gasteiger partial charge on any atom is -0.325 e. The third-order valence-electron chi connectivity index (χ3n) is 2.19. The van der Waals surface area contributed by atoms with Gasteiger partial charge in [0, 0.05) is 5.69 Å². The molecule has 1 aromatic carbocycles.